The van der Waals surface area contributed by atoms with Crippen molar-refractivity contribution >= 4 is 11.3 Å². The van der Waals surface area contributed by atoms with Gasteiger partial charge in [0.1, 0.15) is 11.6 Å². The predicted molar refractivity (Wildman–Crippen MR) is 64.1 cm³/mol. The van der Waals surface area contributed by atoms with Crippen molar-refractivity contribution in [3.8, 4) is 0 Å². The molecule has 1 atom stereocenters. The van der Waals surface area contributed by atoms with Crippen LogP contribution in [0.3, 0.4) is 0 Å². The van der Waals surface area contributed by atoms with Gasteiger partial charge in [0.05, 0.1) is 6.10 Å². The van der Waals surface area contributed by atoms with Crippen LogP contribution in [0.2, 0.25) is 0 Å². The molecule has 0 saturated heterocycles. The normalized spacial score (nSPS) is 12.6. The molecule has 1 aromatic heterocycles. The van der Waals surface area contributed by atoms with Crippen LogP contribution in [0.4, 0.5) is 8.78 Å². The molecule has 1 aromatic carbocycles. The monoisotopic (exact) mass is 254 g/mol. The third kappa shape index (κ3) is 3.35. The van der Waals surface area contributed by atoms with Gasteiger partial charge in [-0.05, 0) is 35.2 Å². The average Bonchev–Trinajstić information content (AvgIpc) is 2.76. The van der Waals surface area contributed by atoms with Crippen molar-refractivity contribution in [2.75, 3.05) is 0 Å². The van der Waals surface area contributed by atoms with Gasteiger partial charge in [-0.25, -0.2) is 8.78 Å². The first-order valence-electron chi connectivity index (χ1n) is 5.29. The number of halogens is 2. The van der Waals surface area contributed by atoms with Crippen molar-refractivity contribution in [2.24, 2.45) is 0 Å². The van der Waals surface area contributed by atoms with Gasteiger partial charge in [-0.1, -0.05) is 6.07 Å². The van der Waals surface area contributed by atoms with Crippen LogP contribution in [0.15, 0.2) is 35.7 Å². The fraction of sp³-hybridized carbons (Fsp3) is 0.231. The minimum Gasteiger partial charge on any atom is -0.392 e. The van der Waals surface area contributed by atoms with Crippen LogP contribution in [-0.2, 0) is 12.8 Å². The van der Waals surface area contributed by atoms with E-state index in [-0.39, 0.29) is 12.0 Å². The summed E-state index contributed by atoms with van der Waals surface area (Å²) in [6.07, 6.45) is -0.0975. The molecule has 0 aliphatic heterocycles. The SMILES string of the molecule is OC(Cc1cccs1)Cc1cc(F)ccc1F. The summed E-state index contributed by atoms with van der Waals surface area (Å²) in [6, 6.07) is 7.10. The summed E-state index contributed by atoms with van der Waals surface area (Å²) < 4.78 is 26.3. The smallest absolute Gasteiger partial charge is 0.126 e. The van der Waals surface area contributed by atoms with Crippen molar-refractivity contribution in [3.63, 3.8) is 0 Å². The number of thiophene rings is 1. The second-order valence-corrected chi connectivity index (χ2v) is 4.91. The van der Waals surface area contributed by atoms with E-state index in [9.17, 15) is 13.9 Å². The summed E-state index contributed by atoms with van der Waals surface area (Å²) in [5.41, 5.74) is 0.217. The van der Waals surface area contributed by atoms with Gasteiger partial charge in [-0.15, -0.1) is 11.3 Å². The lowest BCUT2D eigenvalue weighted by Crippen LogP contribution is -2.14. The van der Waals surface area contributed by atoms with Crippen LogP contribution >= 0.6 is 11.3 Å². The highest BCUT2D eigenvalue weighted by molar-refractivity contribution is 7.09. The molecular weight excluding hydrogens is 242 g/mol. The molecule has 1 nitrogen and oxygen atoms in total. The molecule has 2 rings (SSSR count). The molecule has 0 spiro atoms. The maximum absolute atomic E-state index is 13.3. The Morgan fingerprint density at radius 3 is 2.71 bits per heavy atom. The Balaban J connectivity index is 2.02. The molecule has 0 aliphatic rings. The van der Waals surface area contributed by atoms with Gasteiger partial charge in [0, 0.05) is 17.7 Å². The lowest BCUT2D eigenvalue weighted by molar-refractivity contribution is 0.175. The van der Waals surface area contributed by atoms with Crippen molar-refractivity contribution in [2.45, 2.75) is 18.9 Å². The Morgan fingerprint density at radius 1 is 1.18 bits per heavy atom. The summed E-state index contributed by atoms with van der Waals surface area (Å²) in [5, 5.41) is 11.7. The molecule has 0 saturated carbocycles. The summed E-state index contributed by atoms with van der Waals surface area (Å²) in [7, 11) is 0. The quantitative estimate of drug-likeness (QED) is 0.888. The zero-order valence-corrected chi connectivity index (χ0v) is 9.88. The number of benzene rings is 1. The number of rotatable bonds is 4. The molecule has 0 amide bonds. The molecule has 0 bridgehead atoms. The van der Waals surface area contributed by atoms with Crippen molar-refractivity contribution < 1.29 is 13.9 Å². The Kier molecular flexibility index (Phi) is 3.86. The number of hydrogen-bond acceptors (Lipinski definition) is 2. The Hall–Kier alpha value is -1.26. The van der Waals surface area contributed by atoms with Crippen LogP contribution in [0.5, 0.6) is 0 Å². The van der Waals surface area contributed by atoms with Gasteiger partial charge in [0.2, 0.25) is 0 Å². The van der Waals surface area contributed by atoms with E-state index in [0.717, 1.165) is 23.1 Å². The molecule has 4 heteroatoms. The Labute approximate surface area is 102 Å². The average molecular weight is 254 g/mol. The maximum Gasteiger partial charge on any atom is 0.126 e. The third-order valence-corrected chi connectivity index (χ3v) is 3.38. The number of aliphatic hydroxyl groups excluding tert-OH is 1. The highest BCUT2D eigenvalue weighted by Gasteiger charge is 2.11. The fourth-order valence-electron chi connectivity index (χ4n) is 1.69. The van der Waals surface area contributed by atoms with Gasteiger partial charge in [0.25, 0.3) is 0 Å². The minimum absolute atomic E-state index is 0.126. The fourth-order valence-corrected chi connectivity index (χ4v) is 2.46. The topological polar surface area (TPSA) is 20.2 Å². The van der Waals surface area contributed by atoms with E-state index in [1.165, 1.54) is 0 Å². The van der Waals surface area contributed by atoms with Crippen molar-refractivity contribution in [3.05, 3.63) is 57.8 Å². The molecule has 1 unspecified atom stereocenters. The molecular formula is C13H12F2OS. The standard InChI is InChI=1S/C13H12F2OS/c14-10-3-4-13(15)9(6-10)7-11(16)8-12-2-1-5-17-12/h1-6,11,16H,7-8H2. The van der Waals surface area contributed by atoms with Gasteiger partial charge in [-0.2, -0.15) is 0 Å². The predicted octanol–water partition coefficient (Wildman–Crippen LogP) is 3.17. The van der Waals surface area contributed by atoms with E-state index in [2.05, 4.69) is 0 Å². The van der Waals surface area contributed by atoms with Gasteiger partial charge in [-0.3, -0.25) is 0 Å². The third-order valence-electron chi connectivity index (χ3n) is 2.48. The van der Waals surface area contributed by atoms with Gasteiger partial charge >= 0.3 is 0 Å². The van der Waals surface area contributed by atoms with Crippen molar-refractivity contribution in [1.82, 2.24) is 0 Å². The lowest BCUT2D eigenvalue weighted by atomic mass is 10.0. The number of aliphatic hydroxyl groups is 1. The van der Waals surface area contributed by atoms with Crippen LogP contribution in [0.25, 0.3) is 0 Å². The highest BCUT2D eigenvalue weighted by Crippen LogP contribution is 2.16. The van der Waals surface area contributed by atoms with E-state index < -0.39 is 17.7 Å². The van der Waals surface area contributed by atoms with E-state index in [4.69, 9.17) is 0 Å². The second kappa shape index (κ2) is 5.38. The van der Waals surface area contributed by atoms with Gasteiger partial charge in [0.15, 0.2) is 0 Å². The van der Waals surface area contributed by atoms with Crippen LogP contribution in [-0.4, -0.2) is 11.2 Å². The van der Waals surface area contributed by atoms with E-state index in [1.807, 2.05) is 17.5 Å². The van der Waals surface area contributed by atoms with Crippen LogP contribution in [0.1, 0.15) is 10.4 Å². The minimum atomic E-state index is -0.690. The molecule has 1 heterocycles. The van der Waals surface area contributed by atoms with E-state index in [0.29, 0.717) is 6.42 Å². The first-order valence-corrected chi connectivity index (χ1v) is 6.17. The first-order chi connectivity index (χ1) is 8.15. The van der Waals surface area contributed by atoms with Gasteiger partial charge < -0.3 is 5.11 Å². The molecule has 2 aromatic rings. The summed E-state index contributed by atoms with van der Waals surface area (Å²) >= 11 is 1.54. The maximum atomic E-state index is 13.3. The Morgan fingerprint density at radius 2 is 2.00 bits per heavy atom. The lowest BCUT2D eigenvalue weighted by Gasteiger charge is -2.10. The second-order valence-electron chi connectivity index (χ2n) is 3.88. The number of hydrogen-bond donors (Lipinski definition) is 1. The van der Waals surface area contributed by atoms with Crippen LogP contribution in [0, 0.1) is 11.6 Å². The molecule has 17 heavy (non-hydrogen) atoms. The van der Waals surface area contributed by atoms with E-state index >= 15 is 0 Å². The Bertz CT molecular complexity index is 482. The molecule has 0 aliphatic carbocycles. The first kappa shape index (κ1) is 12.2. The summed E-state index contributed by atoms with van der Waals surface area (Å²) in [4.78, 5) is 1.04. The molecule has 0 fully saturated rings. The van der Waals surface area contributed by atoms with E-state index in [1.54, 1.807) is 11.3 Å². The molecule has 90 valence electrons. The highest BCUT2D eigenvalue weighted by atomic mass is 32.1. The van der Waals surface area contributed by atoms with Crippen molar-refractivity contribution in [1.29, 1.82) is 0 Å². The molecule has 0 radical (unpaired) electrons. The molecule has 1 N–H and O–H groups in total. The zero-order chi connectivity index (χ0) is 12.3. The largest absolute Gasteiger partial charge is 0.392 e. The summed E-state index contributed by atoms with van der Waals surface area (Å²) in [5.74, 6) is -0.957. The summed E-state index contributed by atoms with van der Waals surface area (Å²) in [6.45, 7) is 0. The zero-order valence-electron chi connectivity index (χ0n) is 9.07. The van der Waals surface area contributed by atoms with Crippen LogP contribution < -0.4 is 0 Å².